The zero-order valence-corrected chi connectivity index (χ0v) is 13.6. The van der Waals surface area contributed by atoms with Crippen molar-refractivity contribution >= 4 is 23.5 Å². The van der Waals surface area contributed by atoms with E-state index >= 15 is 0 Å². The van der Waals surface area contributed by atoms with Crippen molar-refractivity contribution in [2.45, 2.75) is 19.3 Å². The quantitative estimate of drug-likeness (QED) is 0.891. The second-order valence-electron chi connectivity index (χ2n) is 5.85. The number of aliphatic carboxylic acids is 1. The lowest BCUT2D eigenvalue weighted by atomic mass is 9.80. The monoisotopic (exact) mass is 343 g/mol. The number of amides is 1. The van der Waals surface area contributed by atoms with Crippen molar-refractivity contribution < 1.29 is 23.8 Å². The molecule has 1 N–H and O–H groups in total. The highest BCUT2D eigenvalue weighted by atomic mass is 35.5. The van der Waals surface area contributed by atoms with Crippen LogP contribution in [0.1, 0.15) is 18.4 Å². The van der Waals surface area contributed by atoms with Crippen LogP contribution in [0.4, 0.5) is 4.39 Å². The average Bonchev–Trinajstić information content (AvgIpc) is 2.50. The van der Waals surface area contributed by atoms with Gasteiger partial charge in [0, 0.05) is 25.2 Å². The molecule has 0 bridgehead atoms. The maximum atomic E-state index is 13.1. The molecule has 1 fully saturated rings. The molecule has 7 heteroatoms. The molecule has 1 unspecified atom stereocenters. The van der Waals surface area contributed by atoms with Crippen molar-refractivity contribution in [2.24, 2.45) is 5.41 Å². The topological polar surface area (TPSA) is 66.8 Å². The van der Waals surface area contributed by atoms with Crippen molar-refractivity contribution in [2.75, 3.05) is 26.8 Å². The lowest BCUT2D eigenvalue weighted by molar-refractivity contribution is -0.159. The Morgan fingerprint density at radius 3 is 2.83 bits per heavy atom. The number of methoxy groups -OCH3 is 1. The van der Waals surface area contributed by atoms with Gasteiger partial charge in [0.2, 0.25) is 5.91 Å². The molecule has 2 rings (SSSR count). The first-order valence-electron chi connectivity index (χ1n) is 7.32. The van der Waals surface area contributed by atoms with Gasteiger partial charge in [-0.25, -0.2) is 4.39 Å². The number of ether oxygens (including phenoxy) is 1. The third-order valence-corrected chi connectivity index (χ3v) is 4.51. The van der Waals surface area contributed by atoms with Crippen LogP contribution in [-0.2, 0) is 20.7 Å². The number of hydrogen-bond acceptors (Lipinski definition) is 3. The van der Waals surface area contributed by atoms with E-state index < -0.39 is 17.2 Å². The van der Waals surface area contributed by atoms with E-state index in [2.05, 4.69) is 0 Å². The number of rotatable bonds is 5. The second kappa shape index (κ2) is 7.27. The Balaban J connectivity index is 2.11. The Morgan fingerprint density at radius 2 is 2.22 bits per heavy atom. The number of halogens is 2. The second-order valence-corrected chi connectivity index (χ2v) is 6.26. The molecule has 0 aliphatic carbocycles. The van der Waals surface area contributed by atoms with E-state index in [0.29, 0.717) is 24.9 Å². The first kappa shape index (κ1) is 17.7. The van der Waals surface area contributed by atoms with Gasteiger partial charge < -0.3 is 14.7 Å². The normalized spacial score (nSPS) is 21.3. The van der Waals surface area contributed by atoms with Crippen LogP contribution in [0.25, 0.3) is 0 Å². The smallest absolute Gasteiger partial charge is 0.313 e. The van der Waals surface area contributed by atoms with Gasteiger partial charge in [-0.05, 0) is 30.5 Å². The van der Waals surface area contributed by atoms with Crippen LogP contribution in [0.3, 0.4) is 0 Å². The number of carboxylic acid groups (broad SMARTS) is 1. The number of likely N-dealkylation sites (tertiary alicyclic amines) is 1. The first-order chi connectivity index (χ1) is 10.9. The number of carbonyl (C=O) groups is 2. The minimum Gasteiger partial charge on any atom is -0.481 e. The van der Waals surface area contributed by atoms with Gasteiger partial charge in [-0.3, -0.25) is 9.59 Å². The van der Waals surface area contributed by atoms with Crippen LogP contribution in [-0.4, -0.2) is 48.7 Å². The summed E-state index contributed by atoms with van der Waals surface area (Å²) in [6, 6.07) is 3.88. The number of nitrogens with zero attached hydrogens (tertiary/aromatic N) is 1. The molecule has 1 atom stereocenters. The predicted octanol–water partition coefficient (Wildman–Crippen LogP) is 2.36. The highest BCUT2D eigenvalue weighted by Gasteiger charge is 2.43. The third-order valence-electron chi connectivity index (χ3n) is 4.16. The molecule has 1 aromatic rings. The molecule has 1 amide bonds. The van der Waals surface area contributed by atoms with E-state index in [4.69, 9.17) is 16.3 Å². The standard InChI is InChI=1S/C16H19ClFNO4/c1-23-10-16(15(21)22)5-2-6-19(9-16)14(20)7-11-3-4-12(18)8-13(11)17/h3-4,8H,2,5-7,9-10H2,1H3,(H,21,22). The minimum atomic E-state index is -1.07. The van der Waals surface area contributed by atoms with Gasteiger partial charge >= 0.3 is 5.97 Å². The predicted molar refractivity (Wildman–Crippen MR) is 82.9 cm³/mol. The van der Waals surface area contributed by atoms with Crippen molar-refractivity contribution in [3.63, 3.8) is 0 Å². The maximum absolute atomic E-state index is 13.1. The van der Waals surface area contributed by atoms with Crippen LogP contribution in [0.5, 0.6) is 0 Å². The Labute approximate surface area is 139 Å². The summed E-state index contributed by atoms with van der Waals surface area (Å²) in [4.78, 5) is 25.6. The lowest BCUT2D eigenvalue weighted by Crippen LogP contribution is -2.52. The van der Waals surface area contributed by atoms with Crippen LogP contribution >= 0.6 is 11.6 Å². The molecular weight excluding hydrogens is 325 g/mol. The summed E-state index contributed by atoms with van der Waals surface area (Å²) in [5.74, 6) is -1.65. The minimum absolute atomic E-state index is 0.0157. The maximum Gasteiger partial charge on any atom is 0.313 e. The van der Waals surface area contributed by atoms with Gasteiger partial charge in [-0.2, -0.15) is 0 Å². The van der Waals surface area contributed by atoms with E-state index in [1.165, 1.54) is 24.1 Å². The fourth-order valence-electron chi connectivity index (χ4n) is 2.91. The van der Waals surface area contributed by atoms with Gasteiger partial charge in [-0.15, -0.1) is 0 Å². The largest absolute Gasteiger partial charge is 0.481 e. The molecule has 1 saturated heterocycles. The van der Waals surface area contributed by atoms with Crippen LogP contribution in [0.2, 0.25) is 5.02 Å². The van der Waals surface area contributed by atoms with Gasteiger partial charge in [-0.1, -0.05) is 17.7 Å². The molecule has 1 heterocycles. The van der Waals surface area contributed by atoms with Crippen molar-refractivity contribution in [3.05, 3.63) is 34.6 Å². The number of hydrogen-bond donors (Lipinski definition) is 1. The van der Waals surface area contributed by atoms with Crippen molar-refractivity contribution in [3.8, 4) is 0 Å². The van der Waals surface area contributed by atoms with Crippen molar-refractivity contribution in [1.29, 1.82) is 0 Å². The fourth-order valence-corrected chi connectivity index (χ4v) is 3.15. The average molecular weight is 344 g/mol. The molecule has 126 valence electrons. The summed E-state index contributed by atoms with van der Waals surface area (Å²) in [6.45, 7) is 0.660. The molecular formula is C16H19ClFNO4. The van der Waals surface area contributed by atoms with Crippen LogP contribution in [0.15, 0.2) is 18.2 Å². The molecule has 0 spiro atoms. The Morgan fingerprint density at radius 1 is 1.48 bits per heavy atom. The summed E-state index contributed by atoms with van der Waals surface area (Å²) >= 11 is 5.94. The Kier molecular flexibility index (Phi) is 5.59. The molecule has 23 heavy (non-hydrogen) atoms. The zero-order chi connectivity index (χ0) is 17.0. The van der Waals surface area contributed by atoms with E-state index in [9.17, 15) is 19.1 Å². The zero-order valence-electron chi connectivity index (χ0n) is 12.8. The molecule has 0 aromatic heterocycles. The number of piperidine rings is 1. The Bertz CT molecular complexity index is 606. The molecule has 1 aliphatic rings. The molecule has 1 aromatic carbocycles. The van der Waals surface area contributed by atoms with Gasteiger partial charge in [0.05, 0.1) is 13.0 Å². The van der Waals surface area contributed by atoms with Gasteiger partial charge in [0.1, 0.15) is 11.2 Å². The van der Waals surface area contributed by atoms with E-state index in [1.807, 2.05) is 0 Å². The number of benzene rings is 1. The van der Waals surface area contributed by atoms with Gasteiger partial charge in [0.25, 0.3) is 0 Å². The summed E-state index contributed by atoms with van der Waals surface area (Å²) in [6.07, 6.45) is 1.08. The number of carboxylic acids is 1. The highest BCUT2D eigenvalue weighted by molar-refractivity contribution is 6.31. The van der Waals surface area contributed by atoms with E-state index in [0.717, 1.165) is 6.07 Å². The molecule has 0 radical (unpaired) electrons. The summed E-state index contributed by atoms with van der Waals surface area (Å²) < 4.78 is 18.1. The Hall–Kier alpha value is -1.66. The van der Waals surface area contributed by atoms with E-state index in [-0.39, 0.29) is 30.5 Å². The highest BCUT2D eigenvalue weighted by Crippen LogP contribution is 2.31. The fraction of sp³-hybridized carbons (Fsp3) is 0.500. The summed E-state index contributed by atoms with van der Waals surface area (Å²) in [5.41, 5.74) is -0.550. The lowest BCUT2D eigenvalue weighted by Gasteiger charge is -2.39. The number of carbonyl (C=O) groups excluding carboxylic acids is 1. The van der Waals surface area contributed by atoms with Gasteiger partial charge in [0.15, 0.2) is 0 Å². The van der Waals surface area contributed by atoms with Crippen LogP contribution < -0.4 is 0 Å². The molecule has 1 aliphatic heterocycles. The molecule has 0 saturated carbocycles. The first-order valence-corrected chi connectivity index (χ1v) is 7.70. The van der Waals surface area contributed by atoms with Crippen molar-refractivity contribution in [1.82, 2.24) is 4.90 Å². The van der Waals surface area contributed by atoms with Crippen LogP contribution in [0, 0.1) is 11.2 Å². The van der Waals surface area contributed by atoms with E-state index in [1.54, 1.807) is 0 Å². The SMILES string of the molecule is COCC1(C(=O)O)CCCN(C(=O)Cc2ccc(F)cc2Cl)C1. The third kappa shape index (κ3) is 4.00. The summed E-state index contributed by atoms with van der Waals surface area (Å²) in [5, 5.41) is 9.69. The summed E-state index contributed by atoms with van der Waals surface area (Å²) in [7, 11) is 1.45. The molecule has 5 nitrogen and oxygen atoms in total.